The van der Waals surface area contributed by atoms with E-state index in [-0.39, 0.29) is 5.37 Å². The molecule has 0 rings (SSSR count). The van der Waals surface area contributed by atoms with E-state index in [4.69, 9.17) is 5.73 Å². The van der Waals surface area contributed by atoms with Crippen molar-refractivity contribution in [3.8, 4) is 0 Å². The minimum absolute atomic E-state index is 0.0150. The molecule has 0 aromatic carbocycles. The Kier molecular flexibility index (Phi) is 5.11. The molecule has 3 nitrogen and oxygen atoms in total. The number of hydrogen-bond donors (Lipinski definition) is 3. The Morgan fingerprint density at radius 1 is 1.64 bits per heavy atom. The highest BCUT2D eigenvalue weighted by Gasteiger charge is 1.98. The zero-order valence-corrected chi connectivity index (χ0v) is 8.23. The number of hydrogen-bond acceptors (Lipinski definition) is 2. The van der Waals surface area contributed by atoms with E-state index in [1.54, 1.807) is 0 Å². The van der Waals surface area contributed by atoms with Crippen LogP contribution in [-0.4, -0.2) is 17.4 Å². The molecule has 0 bridgehead atoms. The summed E-state index contributed by atoms with van der Waals surface area (Å²) in [7, 11) is 0. The lowest BCUT2D eigenvalue weighted by atomic mass is 10.4. The molecular weight excluding hydrogens is 158 g/mol. The highest BCUT2D eigenvalue weighted by Crippen LogP contribution is 2.00. The van der Waals surface area contributed by atoms with Gasteiger partial charge < -0.3 is 11.1 Å². The molecule has 0 saturated carbocycles. The van der Waals surface area contributed by atoms with E-state index in [0.717, 1.165) is 6.42 Å². The molecule has 1 atom stereocenters. The fourth-order valence-corrected chi connectivity index (χ4v) is 0.709. The zero-order chi connectivity index (χ0) is 8.85. The monoisotopic (exact) mass is 175 g/mol. The van der Waals surface area contributed by atoms with Gasteiger partial charge in [0.05, 0.1) is 5.37 Å². The minimum atomic E-state index is 0.0150. The lowest BCUT2D eigenvalue weighted by molar-refractivity contribution is 0.719. The van der Waals surface area contributed by atoms with Crippen LogP contribution in [0.1, 0.15) is 27.2 Å². The number of aliphatic imine (C=N–C) groups is 1. The van der Waals surface area contributed by atoms with Crippen molar-refractivity contribution in [1.82, 2.24) is 5.32 Å². The molecule has 0 aliphatic heterocycles. The standard InChI is InChI=1S/C7H17N3S/c1-4-6(11)10-7(8)9-5(2)3/h5-6,11H,4H2,1-3H3,(H3,8,9,10). The fourth-order valence-electron chi connectivity index (χ4n) is 0.585. The smallest absolute Gasteiger partial charge is 0.189 e. The largest absolute Gasteiger partial charge is 0.370 e. The van der Waals surface area contributed by atoms with Crippen molar-refractivity contribution in [2.45, 2.75) is 38.6 Å². The van der Waals surface area contributed by atoms with Gasteiger partial charge in [0.15, 0.2) is 5.96 Å². The van der Waals surface area contributed by atoms with Crippen LogP contribution < -0.4 is 11.1 Å². The molecule has 4 heteroatoms. The molecular formula is C7H17N3S. The Morgan fingerprint density at radius 3 is 2.55 bits per heavy atom. The highest BCUT2D eigenvalue weighted by atomic mass is 32.1. The molecule has 0 saturated heterocycles. The SMILES string of the molecule is CCC(S)/N=C(\N)NC(C)C. The van der Waals surface area contributed by atoms with Gasteiger partial charge in [-0.3, -0.25) is 0 Å². The molecule has 0 aliphatic carbocycles. The molecule has 0 radical (unpaired) electrons. The topological polar surface area (TPSA) is 50.4 Å². The van der Waals surface area contributed by atoms with Crippen LogP contribution in [0.4, 0.5) is 0 Å². The van der Waals surface area contributed by atoms with Crippen LogP contribution in [0.5, 0.6) is 0 Å². The lowest BCUT2D eigenvalue weighted by Crippen LogP contribution is -2.37. The summed E-state index contributed by atoms with van der Waals surface area (Å²) in [6.07, 6.45) is 0.892. The third kappa shape index (κ3) is 6.04. The van der Waals surface area contributed by atoms with E-state index in [0.29, 0.717) is 12.0 Å². The van der Waals surface area contributed by atoms with Crippen LogP contribution >= 0.6 is 12.6 Å². The third-order valence-corrected chi connectivity index (χ3v) is 1.57. The summed E-state index contributed by atoms with van der Waals surface area (Å²) in [4.78, 5) is 4.08. The number of guanidine groups is 1. The van der Waals surface area contributed by atoms with Gasteiger partial charge in [0.2, 0.25) is 0 Å². The van der Waals surface area contributed by atoms with Gasteiger partial charge in [-0.05, 0) is 20.3 Å². The summed E-state index contributed by atoms with van der Waals surface area (Å²) < 4.78 is 0. The molecule has 0 fully saturated rings. The second kappa shape index (κ2) is 5.29. The first kappa shape index (κ1) is 10.6. The summed E-state index contributed by atoms with van der Waals surface area (Å²) in [6.45, 7) is 6.05. The van der Waals surface area contributed by atoms with Crippen molar-refractivity contribution in [3.05, 3.63) is 0 Å². The molecule has 11 heavy (non-hydrogen) atoms. The summed E-state index contributed by atoms with van der Waals surface area (Å²) in [5, 5.41) is 3.00. The molecule has 0 aromatic heterocycles. The van der Waals surface area contributed by atoms with Crippen molar-refractivity contribution in [1.29, 1.82) is 0 Å². The van der Waals surface area contributed by atoms with Crippen LogP contribution in [0.15, 0.2) is 4.99 Å². The Labute approximate surface area is 73.9 Å². The maximum Gasteiger partial charge on any atom is 0.189 e. The number of thiol groups is 1. The van der Waals surface area contributed by atoms with Crippen molar-refractivity contribution < 1.29 is 0 Å². The first-order valence-electron chi connectivity index (χ1n) is 3.84. The zero-order valence-electron chi connectivity index (χ0n) is 7.33. The van der Waals surface area contributed by atoms with Crippen molar-refractivity contribution >= 4 is 18.6 Å². The Hall–Kier alpha value is -0.380. The van der Waals surface area contributed by atoms with E-state index in [1.807, 2.05) is 20.8 Å². The maximum absolute atomic E-state index is 5.54. The molecule has 0 heterocycles. The molecule has 0 spiro atoms. The Bertz CT molecular complexity index is 134. The number of nitrogens with two attached hydrogens (primary N) is 1. The van der Waals surface area contributed by atoms with Crippen LogP contribution in [0.2, 0.25) is 0 Å². The van der Waals surface area contributed by atoms with Gasteiger partial charge in [-0.1, -0.05) is 6.92 Å². The average Bonchev–Trinajstić information content (AvgIpc) is 1.85. The number of nitrogens with zero attached hydrogens (tertiary/aromatic N) is 1. The van der Waals surface area contributed by atoms with Gasteiger partial charge in [-0.25, -0.2) is 4.99 Å². The van der Waals surface area contributed by atoms with Gasteiger partial charge in [0.25, 0.3) is 0 Å². The third-order valence-electron chi connectivity index (χ3n) is 1.09. The van der Waals surface area contributed by atoms with Gasteiger partial charge in [0.1, 0.15) is 0 Å². The first-order valence-corrected chi connectivity index (χ1v) is 4.35. The second-order valence-corrected chi connectivity index (χ2v) is 3.30. The highest BCUT2D eigenvalue weighted by molar-refractivity contribution is 7.80. The van der Waals surface area contributed by atoms with E-state index >= 15 is 0 Å². The number of nitrogens with one attached hydrogen (secondary N) is 1. The van der Waals surface area contributed by atoms with Crippen LogP contribution in [0.25, 0.3) is 0 Å². The number of rotatable bonds is 3. The Morgan fingerprint density at radius 2 is 2.18 bits per heavy atom. The molecule has 1 unspecified atom stereocenters. The lowest BCUT2D eigenvalue weighted by Gasteiger charge is -2.10. The summed E-state index contributed by atoms with van der Waals surface area (Å²) in [5.41, 5.74) is 5.54. The summed E-state index contributed by atoms with van der Waals surface area (Å²) >= 11 is 4.18. The van der Waals surface area contributed by atoms with Gasteiger partial charge in [0, 0.05) is 6.04 Å². The molecule has 0 aliphatic rings. The van der Waals surface area contributed by atoms with Crippen molar-refractivity contribution in [2.24, 2.45) is 10.7 Å². The fraction of sp³-hybridized carbons (Fsp3) is 0.857. The van der Waals surface area contributed by atoms with Gasteiger partial charge in [-0.15, -0.1) is 0 Å². The van der Waals surface area contributed by atoms with Gasteiger partial charge in [-0.2, -0.15) is 12.6 Å². The normalized spacial score (nSPS) is 15.2. The second-order valence-electron chi connectivity index (χ2n) is 2.70. The van der Waals surface area contributed by atoms with E-state index in [9.17, 15) is 0 Å². The minimum Gasteiger partial charge on any atom is -0.370 e. The first-order chi connectivity index (χ1) is 5.06. The predicted molar refractivity (Wildman–Crippen MR) is 53.0 cm³/mol. The van der Waals surface area contributed by atoms with Crippen molar-refractivity contribution in [3.63, 3.8) is 0 Å². The average molecular weight is 175 g/mol. The van der Waals surface area contributed by atoms with Crippen molar-refractivity contribution in [2.75, 3.05) is 0 Å². The van der Waals surface area contributed by atoms with E-state index in [2.05, 4.69) is 22.9 Å². The maximum atomic E-state index is 5.54. The van der Waals surface area contributed by atoms with E-state index < -0.39 is 0 Å². The van der Waals surface area contributed by atoms with Crippen LogP contribution in [0.3, 0.4) is 0 Å². The summed E-state index contributed by atoms with van der Waals surface area (Å²) in [6, 6.07) is 0.330. The summed E-state index contributed by atoms with van der Waals surface area (Å²) in [5.74, 6) is 0.474. The molecule has 0 amide bonds. The molecule has 3 N–H and O–H groups in total. The van der Waals surface area contributed by atoms with Crippen LogP contribution in [-0.2, 0) is 0 Å². The van der Waals surface area contributed by atoms with Crippen LogP contribution in [0, 0.1) is 0 Å². The molecule has 0 aromatic rings. The van der Waals surface area contributed by atoms with E-state index in [1.165, 1.54) is 0 Å². The van der Waals surface area contributed by atoms with Gasteiger partial charge >= 0.3 is 0 Å². The predicted octanol–water partition coefficient (Wildman–Crippen LogP) is 0.965. The Balaban J connectivity index is 3.79. The molecule has 66 valence electrons. The quantitative estimate of drug-likeness (QED) is 0.340.